The maximum absolute atomic E-state index is 12.9. The van der Waals surface area contributed by atoms with E-state index in [2.05, 4.69) is 34.7 Å². The van der Waals surface area contributed by atoms with Crippen LogP contribution in [0.15, 0.2) is 15.2 Å². The van der Waals surface area contributed by atoms with Crippen molar-refractivity contribution in [2.24, 2.45) is 0 Å². The Morgan fingerprint density at radius 1 is 1.33 bits per heavy atom. The Hall–Kier alpha value is -0.190. The molecule has 1 aromatic heterocycles. The molecule has 0 aliphatic heterocycles. The number of hydrogen-bond acceptors (Lipinski definition) is 3. The molecule has 0 amide bonds. The van der Waals surface area contributed by atoms with Crippen molar-refractivity contribution < 1.29 is 4.79 Å². The zero-order valence-corrected chi connectivity index (χ0v) is 13.4. The SMILES string of the molecule is CCN(CC)C1(C(=O)c2cscc2Br)CCCC1. The largest absolute Gasteiger partial charge is 0.292 e. The van der Waals surface area contributed by atoms with E-state index in [-0.39, 0.29) is 5.54 Å². The lowest BCUT2D eigenvalue weighted by atomic mass is 9.86. The van der Waals surface area contributed by atoms with Crippen LogP contribution in [0.1, 0.15) is 49.9 Å². The van der Waals surface area contributed by atoms with E-state index in [1.807, 2.05) is 10.8 Å². The van der Waals surface area contributed by atoms with Gasteiger partial charge in [-0.05, 0) is 41.9 Å². The lowest BCUT2D eigenvalue weighted by Gasteiger charge is -2.39. The van der Waals surface area contributed by atoms with Crippen molar-refractivity contribution in [1.82, 2.24) is 4.90 Å². The van der Waals surface area contributed by atoms with E-state index >= 15 is 0 Å². The molecule has 0 saturated heterocycles. The normalized spacial score (nSPS) is 18.4. The molecule has 1 aliphatic rings. The van der Waals surface area contributed by atoms with Crippen molar-refractivity contribution >= 4 is 33.0 Å². The minimum absolute atomic E-state index is 0.243. The number of hydrogen-bond donors (Lipinski definition) is 0. The topological polar surface area (TPSA) is 20.3 Å². The lowest BCUT2D eigenvalue weighted by Crippen LogP contribution is -2.52. The van der Waals surface area contributed by atoms with Gasteiger partial charge in [0.15, 0.2) is 5.78 Å². The molecule has 0 aromatic carbocycles. The molecule has 2 nitrogen and oxygen atoms in total. The van der Waals surface area contributed by atoms with Crippen molar-refractivity contribution in [2.45, 2.75) is 45.1 Å². The smallest absolute Gasteiger partial charge is 0.185 e. The summed E-state index contributed by atoms with van der Waals surface area (Å²) in [5, 5.41) is 3.98. The summed E-state index contributed by atoms with van der Waals surface area (Å²) in [4.78, 5) is 15.3. The molecular weight excluding hydrogens is 310 g/mol. The van der Waals surface area contributed by atoms with Crippen LogP contribution in [0.3, 0.4) is 0 Å². The molecule has 4 heteroatoms. The van der Waals surface area contributed by atoms with Crippen molar-refractivity contribution in [2.75, 3.05) is 13.1 Å². The first kappa shape index (κ1) is 14.2. The number of nitrogens with zero attached hydrogens (tertiary/aromatic N) is 1. The lowest BCUT2D eigenvalue weighted by molar-refractivity contribution is 0.0584. The molecule has 1 fully saturated rings. The van der Waals surface area contributed by atoms with E-state index in [4.69, 9.17) is 0 Å². The molecule has 0 bridgehead atoms. The van der Waals surface area contributed by atoms with E-state index in [0.29, 0.717) is 5.78 Å². The van der Waals surface area contributed by atoms with Gasteiger partial charge in [-0.3, -0.25) is 9.69 Å². The number of carbonyl (C=O) groups excluding carboxylic acids is 1. The first-order chi connectivity index (χ1) is 8.65. The average molecular weight is 330 g/mol. The Kier molecular flexibility index (Phi) is 4.62. The molecule has 0 radical (unpaired) electrons. The molecule has 0 atom stereocenters. The maximum atomic E-state index is 12.9. The van der Waals surface area contributed by atoms with Crippen LogP contribution in [0, 0.1) is 0 Å². The van der Waals surface area contributed by atoms with Crippen LogP contribution in [0.2, 0.25) is 0 Å². The summed E-state index contributed by atoms with van der Waals surface area (Å²) in [5.74, 6) is 0.317. The molecule has 1 heterocycles. The quantitative estimate of drug-likeness (QED) is 0.748. The zero-order valence-electron chi connectivity index (χ0n) is 11.0. The van der Waals surface area contributed by atoms with E-state index in [1.165, 1.54) is 12.8 Å². The second-order valence-electron chi connectivity index (χ2n) is 4.87. The van der Waals surface area contributed by atoms with Crippen LogP contribution in [-0.2, 0) is 0 Å². The monoisotopic (exact) mass is 329 g/mol. The predicted molar refractivity (Wildman–Crippen MR) is 80.5 cm³/mol. The van der Waals surface area contributed by atoms with Crippen molar-refractivity contribution in [1.29, 1.82) is 0 Å². The van der Waals surface area contributed by atoms with Crippen LogP contribution >= 0.6 is 27.3 Å². The molecule has 0 unspecified atom stereocenters. The Balaban J connectivity index is 2.36. The number of Topliss-reactive ketones (excluding diaryl/α,β-unsaturated/α-hetero) is 1. The first-order valence-corrected chi connectivity index (χ1v) is 8.41. The van der Waals surface area contributed by atoms with E-state index in [9.17, 15) is 4.79 Å². The third-order valence-electron chi connectivity index (χ3n) is 4.08. The van der Waals surface area contributed by atoms with Gasteiger partial charge >= 0.3 is 0 Å². The average Bonchev–Trinajstić information content (AvgIpc) is 3.00. The number of rotatable bonds is 5. The number of carbonyl (C=O) groups is 1. The van der Waals surface area contributed by atoms with Gasteiger partial charge in [-0.2, -0.15) is 11.3 Å². The van der Waals surface area contributed by atoms with Crippen LogP contribution in [0.25, 0.3) is 0 Å². The van der Waals surface area contributed by atoms with Gasteiger partial charge in [0.05, 0.1) is 5.54 Å². The van der Waals surface area contributed by atoms with Gasteiger partial charge in [0, 0.05) is 20.8 Å². The van der Waals surface area contributed by atoms with Crippen LogP contribution < -0.4 is 0 Å². The van der Waals surface area contributed by atoms with Crippen LogP contribution in [0.4, 0.5) is 0 Å². The molecule has 100 valence electrons. The highest BCUT2D eigenvalue weighted by Crippen LogP contribution is 2.39. The summed E-state index contributed by atoms with van der Waals surface area (Å²) < 4.78 is 0.955. The van der Waals surface area contributed by atoms with E-state index in [0.717, 1.165) is 36.0 Å². The summed E-state index contributed by atoms with van der Waals surface area (Å²) >= 11 is 5.09. The van der Waals surface area contributed by atoms with Gasteiger partial charge in [-0.25, -0.2) is 0 Å². The van der Waals surface area contributed by atoms with E-state index in [1.54, 1.807) is 11.3 Å². The Bertz CT molecular complexity index is 419. The van der Waals surface area contributed by atoms with Gasteiger partial charge in [0.25, 0.3) is 0 Å². The summed E-state index contributed by atoms with van der Waals surface area (Å²) in [5.41, 5.74) is 0.626. The third kappa shape index (κ3) is 2.30. The maximum Gasteiger partial charge on any atom is 0.185 e. The third-order valence-corrected chi connectivity index (χ3v) is 5.78. The summed E-state index contributed by atoms with van der Waals surface area (Å²) in [7, 11) is 0. The summed E-state index contributed by atoms with van der Waals surface area (Å²) in [6.07, 6.45) is 4.36. The molecular formula is C14H20BrNOS. The van der Waals surface area contributed by atoms with Gasteiger partial charge < -0.3 is 0 Å². The van der Waals surface area contributed by atoms with Gasteiger partial charge in [0.2, 0.25) is 0 Å². The standard InChI is InChI=1S/C14H20BrNOS/c1-3-16(4-2)14(7-5-6-8-14)13(17)11-9-18-10-12(11)15/h9-10H,3-8H2,1-2H3. The number of ketones is 1. The highest BCUT2D eigenvalue weighted by Gasteiger charge is 2.45. The second-order valence-corrected chi connectivity index (χ2v) is 6.47. The Morgan fingerprint density at radius 2 is 1.94 bits per heavy atom. The van der Waals surface area contributed by atoms with Crippen LogP contribution in [0.5, 0.6) is 0 Å². The molecule has 1 aliphatic carbocycles. The molecule has 18 heavy (non-hydrogen) atoms. The highest BCUT2D eigenvalue weighted by atomic mass is 79.9. The van der Waals surface area contributed by atoms with Gasteiger partial charge in [0.1, 0.15) is 0 Å². The van der Waals surface area contributed by atoms with Crippen LogP contribution in [-0.4, -0.2) is 29.3 Å². The van der Waals surface area contributed by atoms with Crippen molar-refractivity contribution in [3.8, 4) is 0 Å². The number of thiophene rings is 1. The Morgan fingerprint density at radius 3 is 2.39 bits per heavy atom. The van der Waals surface area contributed by atoms with Crippen molar-refractivity contribution in [3.05, 3.63) is 20.8 Å². The number of likely N-dealkylation sites (N-methyl/N-ethyl adjacent to an activating group) is 1. The fourth-order valence-corrected chi connectivity index (χ4v) is 4.62. The fraction of sp³-hybridized carbons (Fsp3) is 0.643. The number of halogens is 1. The van der Waals surface area contributed by atoms with Crippen molar-refractivity contribution in [3.63, 3.8) is 0 Å². The molecule has 1 aromatic rings. The second kappa shape index (κ2) is 5.85. The molecule has 0 spiro atoms. The van der Waals surface area contributed by atoms with Gasteiger partial charge in [-0.1, -0.05) is 26.7 Å². The minimum atomic E-state index is -0.243. The molecule has 1 saturated carbocycles. The van der Waals surface area contributed by atoms with E-state index < -0.39 is 0 Å². The zero-order chi connectivity index (χ0) is 13.2. The fourth-order valence-electron chi connectivity index (χ4n) is 3.17. The van der Waals surface area contributed by atoms with Gasteiger partial charge in [-0.15, -0.1) is 0 Å². The summed E-state index contributed by atoms with van der Waals surface area (Å²) in [6, 6.07) is 0. The molecule has 0 N–H and O–H groups in total. The highest BCUT2D eigenvalue weighted by molar-refractivity contribution is 9.10. The predicted octanol–water partition coefficient (Wildman–Crippen LogP) is 4.35. The minimum Gasteiger partial charge on any atom is -0.292 e. The first-order valence-electron chi connectivity index (χ1n) is 6.67. The Labute approximate surface area is 122 Å². The summed E-state index contributed by atoms with van der Waals surface area (Å²) in [6.45, 7) is 6.20. The molecule has 2 rings (SSSR count).